The van der Waals surface area contributed by atoms with E-state index in [-0.39, 0.29) is 0 Å². The van der Waals surface area contributed by atoms with Gasteiger partial charge in [-0.15, -0.1) is 0 Å². The molecule has 0 atom stereocenters. The van der Waals surface area contributed by atoms with Crippen molar-refractivity contribution in [3.05, 3.63) is 0 Å². The molecule has 0 unspecified atom stereocenters. The normalized spacial score (nSPS) is 18.3. The Morgan fingerprint density at radius 2 is 0.889 bits per heavy atom. The van der Waals surface area contributed by atoms with Gasteiger partial charge in [0.1, 0.15) is 0 Å². The molecule has 1 aliphatic rings. The van der Waals surface area contributed by atoms with Crippen LogP contribution in [0.15, 0.2) is 0 Å². The van der Waals surface area contributed by atoms with Crippen LogP contribution in [0, 0.1) is 33.7 Å². The van der Waals surface area contributed by atoms with E-state index >= 15 is 0 Å². The molecule has 0 aliphatic carbocycles. The summed E-state index contributed by atoms with van der Waals surface area (Å²) in [7, 11) is 0. The zero-order valence-electron chi connectivity index (χ0n) is 11.0. The van der Waals surface area contributed by atoms with E-state index in [2.05, 4.69) is 17.9 Å². The minimum atomic E-state index is -0.517. The summed E-state index contributed by atoms with van der Waals surface area (Å²) in [6, 6.07) is 0. The molecule has 6 nitrogen and oxygen atoms in total. The first kappa shape index (κ1) is 14.6. The highest BCUT2D eigenvalue weighted by Crippen LogP contribution is 2.18. The highest BCUT2D eigenvalue weighted by atomic mass is 15.3. The van der Waals surface area contributed by atoms with Gasteiger partial charge in [0, 0.05) is 17.9 Å². The van der Waals surface area contributed by atoms with Gasteiger partial charge in [-0.2, -0.15) is 0 Å². The third-order valence-corrected chi connectivity index (χ3v) is 3.33. The van der Waals surface area contributed by atoms with Gasteiger partial charge in [0.15, 0.2) is 0 Å². The van der Waals surface area contributed by atoms with E-state index in [0.29, 0.717) is 19.6 Å². The van der Waals surface area contributed by atoms with Crippen molar-refractivity contribution in [3.8, 4) is 17.9 Å². The van der Waals surface area contributed by atoms with E-state index in [0.717, 1.165) is 0 Å². The van der Waals surface area contributed by atoms with Crippen LogP contribution in [0.4, 0.5) is 0 Å². The van der Waals surface area contributed by atoms with Crippen LogP contribution in [-0.4, -0.2) is 54.7 Å². The van der Waals surface area contributed by atoms with Crippen molar-refractivity contribution < 1.29 is 0 Å². The molecular formula is C9H15B3N6. The lowest BCUT2D eigenvalue weighted by Gasteiger charge is -2.46. The Balaban J connectivity index is 3.22. The standard InChI is InChI=1S/C9H15B3N6/c1-4-16-10(7-13)17(5-2)12(9-15)18(6-3)11(16)8-14/h4-6H2,1-3H3. The molecule has 1 fully saturated rings. The van der Waals surface area contributed by atoms with Crippen molar-refractivity contribution in [1.29, 1.82) is 15.8 Å². The molecule has 0 spiro atoms. The summed E-state index contributed by atoms with van der Waals surface area (Å²) in [6.07, 6.45) is 0. The van der Waals surface area contributed by atoms with Crippen LogP contribution in [0.1, 0.15) is 20.8 Å². The number of nitriles is 3. The summed E-state index contributed by atoms with van der Waals surface area (Å²) in [5.41, 5.74) is 0. The highest BCUT2D eigenvalue weighted by Gasteiger charge is 2.53. The van der Waals surface area contributed by atoms with Gasteiger partial charge in [-0.05, 0) is 19.6 Å². The predicted octanol–water partition coefficient (Wildman–Crippen LogP) is -0.381. The molecule has 1 aliphatic heterocycles. The Hall–Kier alpha value is -1.46. The van der Waals surface area contributed by atoms with Crippen molar-refractivity contribution in [2.75, 3.05) is 19.6 Å². The quantitative estimate of drug-likeness (QED) is 0.625. The molecule has 90 valence electrons. The first-order valence-electron chi connectivity index (χ1n) is 6.16. The third-order valence-electron chi connectivity index (χ3n) is 3.33. The first-order valence-corrected chi connectivity index (χ1v) is 6.16. The van der Waals surface area contributed by atoms with Crippen molar-refractivity contribution in [1.82, 2.24) is 14.2 Å². The fourth-order valence-corrected chi connectivity index (χ4v) is 2.46. The molecule has 9 heteroatoms. The third kappa shape index (κ3) is 2.24. The van der Waals surface area contributed by atoms with Crippen molar-refractivity contribution in [3.63, 3.8) is 0 Å². The van der Waals surface area contributed by atoms with Gasteiger partial charge in [0.2, 0.25) is 0 Å². The van der Waals surface area contributed by atoms with Gasteiger partial charge in [-0.1, -0.05) is 20.8 Å². The molecule has 0 saturated carbocycles. The first-order chi connectivity index (χ1) is 8.69. The second kappa shape index (κ2) is 6.47. The molecule has 0 bridgehead atoms. The molecule has 0 aromatic rings. The Bertz CT molecular complexity index is 336. The van der Waals surface area contributed by atoms with Crippen LogP contribution in [0.25, 0.3) is 0 Å². The molecular weight excluding hydrogens is 225 g/mol. The Morgan fingerprint density at radius 3 is 1.00 bits per heavy atom. The van der Waals surface area contributed by atoms with Gasteiger partial charge in [0.25, 0.3) is 0 Å². The van der Waals surface area contributed by atoms with Crippen LogP contribution >= 0.6 is 0 Å². The lowest BCUT2D eigenvalue weighted by atomic mass is 9.44. The fraction of sp³-hybridized carbons (Fsp3) is 0.667. The fourth-order valence-electron chi connectivity index (χ4n) is 2.46. The molecule has 18 heavy (non-hydrogen) atoms. The lowest BCUT2D eigenvalue weighted by Crippen LogP contribution is -2.76. The van der Waals surface area contributed by atoms with Crippen LogP contribution in [0.5, 0.6) is 0 Å². The number of hydrogen-bond acceptors (Lipinski definition) is 6. The van der Waals surface area contributed by atoms with E-state index in [1.165, 1.54) is 0 Å². The van der Waals surface area contributed by atoms with E-state index in [1.807, 2.05) is 34.9 Å². The summed E-state index contributed by atoms with van der Waals surface area (Å²) >= 11 is 0. The van der Waals surface area contributed by atoms with Crippen molar-refractivity contribution >= 4 is 20.9 Å². The van der Waals surface area contributed by atoms with E-state index in [4.69, 9.17) is 0 Å². The summed E-state index contributed by atoms with van der Waals surface area (Å²) in [6.45, 7) is 6.01. The van der Waals surface area contributed by atoms with Crippen LogP contribution in [-0.2, 0) is 0 Å². The monoisotopic (exact) mass is 240 g/mol. The van der Waals surface area contributed by atoms with E-state index < -0.39 is 20.9 Å². The number of rotatable bonds is 3. The molecule has 1 saturated heterocycles. The van der Waals surface area contributed by atoms with Gasteiger partial charge in [0.05, 0.1) is 0 Å². The van der Waals surface area contributed by atoms with Crippen LogP contribution in [0.2, 0.25) is 0 Å². The van der Waals surface area contributed by atoms with Gasteiger partial charge in [-0.3, -0.25) is 0 Å². The van der Waals surface area contributed by atoms with Crippen LogP contribution < -0.4 is 0 Å². The van der Waals surface area contributed by atoms with Gasteiger partial charge in [-0.25, -0.2) is 15.8 Å². The van der Waals surface area contributed by atoms with E-state index in [9.17, 15) is 15.8 Å². The van der Waals surface area contributed by atoms with E-state index in [1.54, 1.807) is 0 Å². The maximum atomic E-state index is 9.31. The number of hydrogen-bond donors (Lipinski definition) is 0. The molecule has 1 heterocycles. The van der Waals surface area contributed by atoms with Crippen molar-refractivity contribution in [2.45, 2.75) is 20.8 Å². The second-order valence-corrected chi connectivity index (χ2v) is 4.00. The Kier molecular flexibility index (Phi) is 5.25. The molecule has 0 amide bonds. The molecule has 0 N–H and O–H groups in total. The zero-order chi connectivity index (χ0) is 13.7. The molecule has 0 aromatic carbocycles. The maximum Gasteiger partial charge on any atom is 0.415 e. The minimum Gasteiger partial charge on any atom is -0.331 e. The lowest BCUT2D eigenvalue weighted by molar-refractivity contribution is 0.475. The van der Waals surface area contributed by atoms with Gasteiger partial charge < -0.3 is 14.2 Å². The van der Waals surface area contributed by atoms with Crippen molar-refractivity contribution in [2.24, 2.45) is 0 Å². The summed E-state index contributed by atoms with van der Waals surface area (Å²) in [5, 5.41) is 27.9. The minimum absolute atomic E-state index is 0.517. The molecule has 0 aromatic heterocycles. The summed E-state index contributed by atoms with van der Waals surface area (Å²) < 4.78 is 5.46. The molecule has 1 rings (SSSR count). The Morgan fingerprint density at radius 1 is 0.667 bits per heavy atom. The summed E-state index contributed by atoms with van der Waals surface area (Å²) in [5.74, 6) is 6.61. The van der Waals surface area contributed by atoms with Crippen LogP contribution in [0.3, 0.4) is 0 Å². The summed E-state index contributed by atoms with van der Waals surface area (Å²) in [4.78, 5) is 0. The highest BCUT2D eigenvalue weighted by molar-refractivity contribution is 6.93. The average Bonchev–Trinajstić information content (AvgIpc) is 2.43. The predicted molar refractivity (Wildman–Crippen MR) is 71.2 cm³/mol. The Labute approximate surface area is 110 Å². The zero-order valence-corrected chi connectivity index (χ0v) is 11.0. The second-order valence-electron chi connectivity index (χ2n) is 4.00. The smallest absolute Gasteiger partial charge is 0.331 e. The molecule has 0 radical (unpaired) electrons. The maximum absolute atomic E-state index is 9.31. The average molecular weight is 240 g/mol. The van der Waals surface area contributed by atoms with Gasteiger partial charge >= 0.3 is 20.9 Å². The largest absolute Gasteiger partial charge is 0.415 e. The SMILES string of the molecule is CCN1B(C#N)N(CC)B(C#N)N(CC)B1C#N. The number of nitrogens with zero attached hydrogens (tertiary/aromatic N) is 6. The topological polar surface area (TPSA) is 81.1 Å².